The number of ether oxygens (including phenoxy) is 1. The number of nitrogens with two attached hydrogens (primary N) is 1. The Labute approximate surface area is 110 Å². The smallest absolute Gasteiger partial charge is 0.118 e. The van der Waals surface area contributed by atoms with Gasteiger partial charge in [-0.25, -0.2) is 0 Å². The summed E-state index contributed by atoms with van der Waals surface area (Å²) in [4.78, 5) is 2.52. The maximum atomic E-state index is 5.99. The molecule has 3 heteroatoms. The summed E-state index contributed by atoms with van der Waals surface area (Å²) in [5.74, 6) is 1.56. The van der Waals surface area contributed by atoms with Crippen molar-refractivity contribution in [3.8, 4) is 5.75 Å². The first kappa shape index (κ1) is 13.4. The lowest BCUT2D eigenvalue weighted by atomic mass is 10.0. The Hall–Kier alpha value is -1.06. The molecule has 18 heavy (non-hydrogen) atoms. The number of rotatable bonds is 4. The molecule has 1 heterocycles. The van der Waals surface area contributed by atoms with Crippen molar-refractivity contribution in [2.24, 2.45) is 11.7 Å². The Morgan fingerprint density at radius 2 is 1.94 bits per heavy atom. The molecule has 3 nitrogen and oxygen atoms in total. The van der Waals surface area contributed by atoms with Crippen molar-refractivity contribution in [2.75, 3.05) is 20.2 Å². The van der Waals surface area contributed by atoms with Gasteiger partial charge in [0.05, 0.1) is 7.11 Å². The normalized spacial score (nSPS) is 23.9. The Kier molecular flexibility index (Phi) is 4.25. The third kappa shape index (κ3) is 2.85. The van der Waals surface area contributed by atoms with Gasteiger partial charge in [-0.2, -0.15) is 0 Å². The average molecular weight is 248 g/mol. The summed E-state index contributed by atoms with van der Waals surface area (Å²) in [6.45, 7) is 6.65. The van der Waals surface area contributed by atoms with Gasteiger partial charge in [0.2, 0.25) is 0 Å². The first-order chi connectivity index (χ1) is 8.61. The fraction of sp³-hybridized carbons (Fsp3) is 0.600. The van der Waals surface area contributed by atoms with Crippen molar-refractivity contribution < 1.29 is 4.74 Å². The lowest BCUT2D eigenvalue weighted by molar-refractivity contribution is 0.248. The molecule has 1 aromatic carbocycles. The van der Waals surface area contributed by atoms with Crippen LogP contribution in [-0.4, -0.2) is 31.1 Å². The van der Waals surface area contributed by atoms with E-state index in [4.69, 9.17) is 10.5 Å². The van der Waals surface area contributed by atoms with Gasteiger partial charge in [0.15, 0.2) is 0 Å². The molecule has 1 aliphatic rings. The van der Waals surface area contributed by atoms with Gasteiger partial charge < -0.3 is 10.5 Å². The largest absolute Gasteiger partial charge is 0.497 e. The van der Waals surface area contributed by atoms with Gasteiger partial charge in [-0.1, -0.05) is 12.1 Å². The molecule has 1 saturated heterocycles. The lowest BCUT2D eigenvalue weighted by Gasteiger charge is -2.25. The van der Waals surface area contributed by atoms with E-state index in [1.165, 1.54) is 12.0 Å². The summed E-state index contributed by atoms with van der Waals surface area (Å²) in [6.07, 6.45) is 1.22. The molecule has 0 amide bonds. The SMILES string of the molecule is COc1ccc(C(C)N2CCC(C(C)N)C2)cc1. The quantitative estimate of drug-likeness (QED) is 0.889. The minimum atomic E-state index is 0.304. The van der Waals surface area contributed by atoms with Crippen molar-refractivity contribution in [3.63, 3.8) is 0 Å². The fourth-order valence-electron chi connectivity index (χ4n) is 2.69. The molecular formula is C15H24N2O. The third-order valence-electron chi connectivity index (χ3n) is 4.15. The van der Waals surface area contributed by atoms with E-state index < -0.39 is 0 Å². The summed E-state index contributed by atoms with van der Waals surface area (Å²) in [5.41, 5.74) is 7.34. The molecule has 2 N–H and O–H groups in total. The Bertz CT molecular complexity index is 375. The third-order valence-corrected chi connectivity index (χ3v) is 4.15. The van der Waals surface area contributed by atoms with E-state index in [9.17, 15) is 0 Å². The Morgan fingerprint density at radius 1 is 1.28 bits per heavy atom. The maximum Gasteiger partial charge on any atom is 0.118 e. The monoisotopic (exact) mass is 248 g/mol. The van der Waals surface area contributed by atoms with E-state index in [2.05, 4.69) is 30.9 Å². The molecule has 3 unspecified atom stereocenters. The summed E-state index contributed by atoms with van der Waals surface area (Å²) in [7, 11) is 1.70. The van der Waals surface area contributed by atoms with Crippen molar-refractivity contribution in [1.82, 2.24) is 4.90 Å². The van der Waals surface area contributed by atoms with E-state index in [1.807, 2.05) is 12.1 Å². The second-order valence-electron chi connectivity index (χ2n) is 5.35. The van der Waals surface area contributed by atoms with Gasteiger partial charge in [0, 0.05) is 18.6 Å². The Balaban J connectivity index is 2.00. The summed E-state index contributed by atoms with van der Waals surface area (Å²) < 4.78 is 5.19. The zero-order chi connectivity index (χ0) is 13.1. The van der Waals surface area contributed by atoms with Crippen molar-refractivity contribution in [1.29, 1.82) is 0 Å². The number of hydrogen-bond acceptors (Lipinski definition) is 3. The van der Waals surface area contributed by atoms with Gasteiger partial charge in [0.25, 0.3) is 0 Å². The van der Waals surface area contributed by atoms with Gasteiger partial charge in [-0.3, -0.25) is 4.90 Å². The molecule has 0 spiro atoms. The number of methoxy groups -OCH3 is 1. The van der Waals surface area contributed by atoms with E-state index in [1.54, 1.807) is 7.11 Å². The zero-order valence-corrected chi connectivity index (χ0v) is 11.6. The standard InChI is InChI=1S/C15H24N2O/c1-11(16)14-8-9-17(10-14)12(2)13-4-6-15(18-3)7-5-13/h4-7,11-12,14H,8-10,16H2,1-3H3. The highest BCUT2D eigenvalue weighted by molar-refractivity contribution is 5.29. The molecule has 100 valence electrons. The number of benzene rings is 1. The van der Waals surface area contributed by atoms with Crippen LogP contribution in [0.3, 0.4) is 0 Å². The maximum absolute atomic E-state index is 5.99. The van der Waals surface area contributed by atoms with Crippen molar-refractivity contribution >= 4 is 0 Å². The van der Waals surface area contributed by atoms with Gasteiger partial charge in [-0.05, 0) is 50.4 Å². The van der Waals surface area contributed by atoms with E-state index in [0.717, 1.165) is 18.8 Å². The molecule has 0 aliphatic carbocycles. The molecule has 0 radical (unpaired) electrons. The minimum absolute atomic E-state index is 0.304. The molecule has 1 fully saturated rings. The van der Waals surface area contributed by atoms with Crippen LogP contribution in [0.4, 0.5) is 0 Å². The van der Waals surface area contributed by atoms with Gasteiger partial charge >= 0.3 is 0 Å². The molecule has 0 aromatic heterocycles. The van der Waals surface area contributed by atoms with Crippen LogP contribution in [-0.2, 0) is 0 Å². The molecule has 0 saturated carbocycles. The van der Waals surface area contributed by atoms with E-state index >= 15 is 0 Å². The zero-order valence-electron chi connectivity index (χ0n) is 11.6. The van der Waals surface area contributed by atoms with Crippen LogP contribution in [0, 0.1) is 5.92 Å². The van der Waals surface area contributed by atoms with E-state index in [-0.39, 0.29) is 0 Å². The number of likely N-dealkylation sites (tertiary alicyclic amines) is 1. The first-order valence-electron chi connectivity index (χ1n) is 6.75. The fourth-order valence-corrected chi connectivity index (χ4v) is 2.69. The first-order valence-corrected chi connectivity index (χ1v) is 6.75. The molecule has 0 bridgehead atoms. The number of nitrogens with zero attached hydrogens (tertiary/aromatic N) is 1. The van der Waals surface area contributed by atoms with Crippen LogP contribution < -0.4 is 10.5 Å². The predicted molar refractivity (Wildman–Crippen MR) is 74.7 cm³/mol. The second kappa shape index (κ2) is 5.72. The number of hydrogen-bond donors (Lipinski definition) is 1. The van der Waals surface area contributed by atoms with Crippen molar-refractivity contribution in [2.45, 2.75) is 32.4 Å². The molecule has 1 aromatic rings. The minimum Gasteiger partial charge on any atom is -0.497 e. The van der Waals surface area contributed by atoms with E-state index in [0.29, 0.717) is 18.0 Å². The lowest BCUT2D eigenvalue weighted by Crippen LogP contribution is -2.30. The highest BCUT2D eigenvalue weighted by Crippen LogP contribution is 2.29. The topological polar surface area (TPSA) is 38.5 Å². The molecular weight excluding hydrogens is 224 g/mol. The second-order valence-corrected chi connectivity index (χ2v) is 5.35. The van der Waals surface area contributed by atoms with Gasteiger partial charge in [-0.15, -0.1) is 0 Å². The van der Waals surface area contributed by atoms with Crippen LogP contribution in [0.5, 0.6) is 5.75 Å². The van der Waals surface area contributed by atoms with Crippen LogP contribution >= 0.6 is 0 Å². The Morgan fingerprint density at radius 3 is 2.44 bits per heavy atom. The van der Waals surface area contributed by atoms with Crippen LogP contribution in [0.2, 0.25) is 0 Å². The summed E-state index contributed by atoms with van der Waals surface area (Å²) >= 11 is 0. The van der Waals surface area contributed by atoms with Gasteiger partial charge in [0.1, 0.15) is 5.75 Å². The molecule has 2 rings (SSSR count). The van der Waals surface area contributed by atoms with Crippen LogP contribution in [0.1, 0.15) is 31.9 Å². The average Bonchev–Trinajstić information content (AvgIpc) is 2.88. The van der Waals surface area contributed by atoms with Crippen LogP contribution in [0.25, 0.3) is 0 Å². The predicted octanol–water partition coefficient (Wildman–Crippen LogP) is 2.43. The molecule has 1 aliphatic heterocycles. The summed E-state index contributed by atoms with van der Waals surface area (Å²) in [6, 6.07) is 9.14. The highest BCUT2D eigenvalue weighted by Gasteiger charge is 2.28. The summed E-state index contributed by atoms with van der Waals surface area (Å²) in [5, 5.41) is 0. The van der Waals surface area contributed by atoms with Crippen LogP contribution in [0.15, 0.2) is 24.3 Å². The molecule has 3 atom stereocenters. The highest BCUT2D eigenvalue weighted by atomic mass is 16.5. The van der Waals surface area contributed by atoms with Crippen molar-refractivity contribution in [3.05, 3.63) is 29.8 Å².